The molecule has 0 radical (unpaired) electrons. The van der Waals surface area contributed by atoms with Crippen LogP contribution >= 0.6 is 43.5 Å². The van der Waals surface area contributed by atoms with Gasteiger partial charge in [-0.15, -0.1) is 11.6 Å². The van der Waals surface area contributed by atoms with Crippen LogP contribution in [0, 0.1) is 5.82 Å². The molecule has 3 rings (SSSR count). The quantitative estimate of drug-likeness (QED) is 0.502. The Labute approximate surface area is 143 Å². The van der Waals surface area contributed by atoms with Crippen molar-refractivity contribution in [2.24, 2.45) is 0 Å². The van der Waals surface area contributed by atoms with E-state index in [0.29, 0.717) is 18.0 Å². The Morgan fingerprint density at radius 2 is 1.81 bits per heavy atom. The average molecular weight is 433 g/mol. The predicted molar refractivity (Wildman–Crippen MR) is 90.9 cm³/mol. The van der Waals surface area contributed by atoms with Crippen molar-refractivity contribution in [3.8, 4) is 5.69 Å². The maximum absolute atomic E-state index is 14.2. The van der Waals surface area contributed by atoms with Crippen molar-refractivity contribution in [2.75, 3.05) is 5.88 Å². The Balaban J connectivity index is 2.33. The fraction of sp³-hybridized carbons (Fsp3) is 0.133. The molecule has 0 fully saturated rings. The van der Waals surface area contributed by atoms with Crippen LogP contribution in [0.15, 0.2) is 45.3 Å². The van der Waals surface area contributed by atoms with Crippen LogP contribution in [0.2, 0.25) is 0 Å². The van der Waals surface area contributed by atoms with Crippen molar-refractivity contribution in [3.63, 3.8) is 0 Å². The van der Waals surface area contributed by atoms with Gasteiger partial charge in [-0.05, 0) is 36.4 Å². The lowest BCUT2D eigenvalue weighted by Gasteiger charge is -2.10. The highest BCUT2D eigenvalue weighted by Gasteiger charge is 2.15. The van der Waals surface area contributed by atoms with Crippen LogP contribution < -0.4 is 0 Å². The highest BCUT2D eigenvalue weighted by atomic mass is 79.9. The van der Waals surface area contributed by atoms with Crippen molar-refractivity contribution in [3.05, 3.63) is 57.0 Å². The molecule has 0 N–H and O–H groups in total. The summed E-state index contributed by atoms with van der Waals surface area (Å²) in [4.78, 5) is 4.58. The van der Waals surface area contributed by atoms with Gasteiger partial charge in [0, 0.05) is 21.2 Å². The minimum Gasteiger partial charge on any atom is -0.293 e. The summed E-state index contributed by atoms with van der Waals surface area (Å²) in [5.41, 5.74) is 2.13. The lowest BCUT2D eigenvalue weighted by atomic mass is 10.2. The number of imidazole rings is 1. The van der Waals surface area contributed by atoms with E-state index in [-0.39, 0.29) is 5.82 Å². The third-order valence-electron chi connectivity index (χ3n) is 3.15. The van der Waals surface area contributed by atoms with Crippen molar-refractivity contribution < 1.29 is 4.39 Å². The summed E-state index contributed by atoms with van der Waals surface area (Å²) in [6.07, 6.45) is 0.569. The molecule has 2 aromatic carbocycles. The molecule has 0 amide bonds. The van der Waals surface area contributed by atoms with Crippen molar-refractivity contribution in [2.45, 2.75) is 6.42 Å². The standard InChI is InChI=1S/C15H10Br2ClFN2/c16-9-2-4-13-12(7-9)20-15(5-6-18)21(13)14-8-10(17)1-3-11(14)19/h1-4,7-8H,5-6H2. The summed E-state index contributed by atoms with van der Waals surface area (Å²) in [7, 11) is 0. The maximum atomic E-state index is 14.2. The third kappa shape index (κ3) is 2.87. The fourth-order valence-electron chi connectivity index (χ4n) is 2.28. The zero-order valence-corrected chi connectivity index (χ0v) is 14.7. The molecule has 21 heavy (non-hydrogen) atoms. The molecular formula is C15H10Br2ClFN2. The Bertz CT molecular complexity index is 817. The van der Waals surface area contributed by atoms with E-state index in [4.69, 9.17) is 11.6 Å². The van der Waals surface area contributed by atoms with Gasteiger partial charge in [0.05, 0.1) is 16.7 Å². The van der Waals surface area contributed by atoms with E-state index < -0.39 is 0 Å². The number of hydrogen-bond donors (Lipinski definition) is 0. The van der Waals surface area contributed by atoms with E-state index in [2.05, 4.69) is 36.8 Å². The lowest BCUT2D eigenvalue weighted by molar-refractivity contribution is 0.616. The summed E-state index contributed by atoms with van der Waals surface area (Å²) in [6.45, 7) is 0. The van der Waals surface area contributed by atoms with Gasteiger partial charge in [0.25, 0.3) is 0 Å². The number of fused-ring (bicyclic) bond motifs is 1. The number of benzene rings is 2. The van der Waals surface area contributed by atoms with Gasteiger partial charge in [0.1, 0.15) is 11.6 Å². The molecule has 2 nitrogen and oxygen atoms in total. The van der Waals surface area contributed by atoms with E-state index >= 15 is 0 Å². The monoisotopic (exact) mass is 430 g/mol. The number of hydrogen-bond acceptors (Lipinski definition) is 1. The van der Waals surface area contributed by atoms with Gasteiger partial charge < -0.3 is 0 Å². The summed E-state index contributed by atoms with van der Waals surface area (Å²) in [6, 6.07) is 10.6. The first-order chi connectivity index (χ1) is 10.1. The van der Waals surface area contributed by atoms with Crippen molar-refractivity contribution >= 4 is 54.5 Å². The topological polar surface area (TPSA) is 17.8 Å². The zero-order valence-electron chi connectivity index (χ0n) is 10.8. The van der Waals surface area contributed by atoms with Crippen LogP contribution in [-0.2, 0) is 6.42 Å². The van der Waals surface area contributed by atoms with Crippen LogP contribution in [0.4, 0.5) is 4.39 Å². The molecule has 0 atom stereocenters. The molecule has 6 heteroatoms. The Kier molecular flexibility index (Phi) is 4.33. The normalized spacial score (nSPS) is 11.2. The van der Waals surface area contributed by atoms with Gasteiger partial charge >= 0.3 is 0 Å². The maximum Gasteiger partial charge on any atom is 0.147 e. The Morgan fingerprint density at radius 3 is 2.57 bits per heavy atom. The molecule has 0 saturated carbocycles. The van der Waals surface area contributed by atoms with Gasteiger partial charge in [-0.2, -0.15) is 0 Å². The Hall–Kier alpha value is -0.910. The SMILES string of the molecule is Fc1ccc(Br)cc1-n1c(CCCl)nc2cc(Br)ccc21. The molecule has 0 aliphatic rings. The number of aromatic nitrogens is 2. The molecule has 0 spiro atoms. The third-order valence-corrected chi connectivity index (χ3v) is 4.33. The number of nitrogens with zero attached hydrogens (tertiary/aromatic N) is 2. The van der Waals surface area contributed by atoms with Gasteiger partial charge in [-0.3, -0.25) is 4.57 Å². The minimum atomic E-state index is -0.295. The summed E-state index contributed by atoms with van der Waals surface area (Å²) < 4.78 is 17.8. The largest absolute Gasteiger partial charge is 0.293 e. The number of alkyl halides is 1. The van der Waals surface area contributed by atoms with E-state index in [0.717, 1.165) is 25.8 Å². The lowest BCUT2D eigenvalue weighted by Crippen LogP contribution is -2.04. The molecule has 3 aromatic rings. The summed E-state index contributed by atoms with van der Waals surface area (Å²) >= 11 is 12.7. The first kappa shape index (κ1) is 15.0. The molecule has 1 aromatic heterocycles. The highest BCUT2D eigenvalue weighted by molar-refractivity contribution is 9.10. The second kappa shape index (κ2) is 6.07. The molecule has 0 bridgehead atoms. The molecule has 0 aliphatic carbocycles. The van der Waals surface area contributed by atoms with Gasteiger partial charge in [-0.25, -0.2) is 9.37 Å². The minimum absolute atomic E-state index is 0.295. The average Bonchev–Trinajstić information content (AvgIpc) is 2.79. The van der Waals surface area contributed by atoms with Crippen LogP contribution in [0.25, 0.3) is 16.7 Å². The first-order valence-corrected chi connectivity index (χ1v) is 8.40. The first-order valence-electron chi connectivity index (χ1n) is 6.28. The van der Waals surface area contributed by atoms with E-state index in [1.165, 1.54) is 6.07 Å². The van der Waals surface area contributed by atoms with E-state index in [1.807, 2.05) is 22.8 Å². The predicted octanol–water partition coefficient (Wildman–Crippen LogP) is 5.47. The summed E-state index contributed by atoms with van der Waals surface area (Å²) in [5.74, 6) is 0.881. The van der Waals surface area contributed by atoms with Crippen LogP contribution in [-0.4, -0.2) is 15.4 Å². The molecule has 1 heterocycles. The number of halogens is 4. The zero-order chi connectivity index (χ0) is 15.0. The van der Waals surface area contributed by atoms with Crippen molar-refractivity contribution in [1.29, 1.82) is 0 Å². The molecular weight excluding hydrogens is 422 g/mol. The second-order valence-electron chi connectivity index (χ2n) is 4.53. The second-order valence-corrected chi connectivity index (χ2v) is 6.74. The number of rotatable bonds is 3. The van der Waals surface area contributed by atoms with Gasteiger partial charge in [0.15, 0.2) is 0 Å². The van der Waals surface area contributed by atoms with Crippen LogP contribution in [0.5, 0.6) is 0 Å². The molecule has 0 unspecified atom stereocenters. The smallest absolute Gasteiger partial charge is 0.147 e. The molecule has 0 aliphatic heterocycles. The Morgan fingerprint density at radius 1 is 1.10 bits per heavy atom. The highest BCUT2D eigenvalue weighted by Crippen LogP contribution is 2.28. The van der Waals surface area contributed by atoms with Gasteiger partial charge in [-0.1, -0.05) is 31.9 Å². The molecule has 0 saturated heterocycles. The van der Waals surface area contributed by atoms with Gasteiger partial charge in [0.2, 0.25) is 0 Å². The van der Waals surface area contributed by atoms with Crippen LogP contribution in [0.1, 0.15) is 5.82 Å². The fourth-order valence-corrected chi connectivity index (χ4v) is 3.15. The van der Waals surface area contributed by atoms with Crippen LogP contribution in [0.3, 0.4) is 0 Å². The number of aryl methyl sites for hydroxylation is 1. The van der Waals surface area contributed by atoms with E-state index in [9.17, 15) is 4.39 Å². The van der Waals surface area contributed by atoms with Crippen molar-refractivity contribution in [1.82, 2.24) is 9.55 Å². The summed E-state index contributed by atoms with van der Waals surface area (Å²) in [5, 5.41) is 0. The molecule has 108 valence electrons. The van der Waals surface area contributed by atoms with E-state index in [1.54, 1.807) is 12.1 Å².